The molecule has 0 amide bonds. The lowest BCUT2D eigenvalue weighted by atomic mass is 9.86. The maximum atomic E-state index is 5.76. The van der Waals surface area contributed by atoms with Crippen LogP contribution in [0.1, 0.15) is 37.6 Å². The quantitative estimate of drug-likeness (QED) is 0.930. The van der Waals surface area contributed by atoms with Crippen molar-refractivity contribution in [3.63, 3.8) is 0 Å². The molecule has 1 aromatic heterocycles. The van der Waals surface area contributed by atoms with E-state index in [1.807, 2.05) is 19.1 Å². The molecule has 0 saturated heterocycles. The van der Waals surface area contributed by atoms with Crippen molar-refractivity contribution in [2.45, 2.75) is 39.7 Å². The van der Waals surface area contributed by atoms with Crippen molar-refractivity contribution >= 4 is 0 Å². The van der Waals surface area contributed by atoms with Crippen LogP contribution in [0.15, 0.2) is 30.3 Å². The highest BCUT2D eigenvalue weighted by molar-refractivity contribution is 5.40. The number of hydrogen-bond donors (Lipinski definition) is 1. The Bertz CT molecular complexity index is 586. The molecule has 2 aromatic rings. The molecule has 0 saturated carbocycles. The van der Waals surface area contributed by atoms with Crippen LogP contribution in [0, 0.1) is 6.92 Å². The average Bonchev–Trinajstić information content (AvgIpc) is 2.41. The Morgan fingerprint density at radius 1 is 1.10 bits per heavy atom. The minimum Gasteiger partial charge on any atom is -0.437 e. The maximum Gasteiger partial charge on any atom is 0.238 e. The van der Waals surface area contributed by atoms with Gasteiger partial charge in [0.05, 0.1) is 5.69 Å². The first-order valence-corrected chi connectivity index (χ1v) is 6.72. The topological polar surface area (TPSA) is 61.0 Å². The lowest BCUT2D eigenvalue weighted by molar-refractivity contribution is 0.449. The Balaban J connectivity index is 2.21. The van der Waals surface area contributed by atoms with Crippen molar-refractivity contribution < 1.29 is 4.74 Å². The summed E-state index contributed by atoms with van der Waals surface area (Å²) in [6, 6.07) is 9.82. The van der Waals surface area contributed by atoms with Crippen LogP contribution in [0.2, 0.25) is 0 Å². The summed E-state index contributed by atoms with van der Waals surface area (Å²) < 4.78 is 5.76. The second-order valence-electron chi connectivity index (χ2n) is 5.90. The minimum atomic E-state index is 0.131. The number of hydrogen-bond acceptors (Lipinski definition) is 4. The molecule has 0 radical (unpaired) electrons. The summed E-state index contributed by atoms with van der Waals surface area (Å²) in [7, 11) is 0. The molecular formula is C16H21N3O. The number of ether oxygens (including phenoxy) is 1. The van der Waals surface area contributed by atoms with Gasteiger partial charge < -0.3 is 10.5 Å². The predicted octanol–water partition coefficient (Wildman–Crippen LogP) is 3.33. The number of benzene rings is 1. The lowest BCUT2D eigenvalue weighted by Gasteiger charge is -2.20. The fourth-order valence-corrected chi connectivity index (χ4v) is 1.85. The van der Waals surface area contributed by atoms with Crippen LogP contribution in [-0.2, 0) is 12.0 Å². The van der Waals surface area contributed by atoms with Gasteiger partial charge in [-0.15, -0.1) is 5.10 Å². The second-order valence-corrected chi connectivity index (χ2v) is 5.90. The molecule has 0 aliphatic rings. The molecule has 1 aromatic carbocycles. The van der Waals surface area contributed by atoms with Crippen LogP contribution in [0.25, 0.3) is 0 Å². The van der Waals surface area contributed by atoms with Gasteiger partial charge >= 0.3 is 0 Å². The van der Waals surface area contributed by atoms with E-state index in [-0.39, 0.29) is 5.41 Å². The highest BCUT2D eigenvalue weighted by atomic mass is 16.5. The van der Waals surface area contributed by atoms with E-state index in [2.05, 4.69) is 43.1 Å². The summed E-state index contributed by atoms with van der Waals surface area (Å²) in [5, 5.41) is 7.98. The first-order valence-electron chi connectivity index (χ1n) is 6.72. The van der Waals surface area contributed by atoms with Crippen molar-refractivity contribution in [3.8, 4) is 11.6 Å². The van der Waals surface area contributed by atoms with Crippen LogP contribution in [0.5, 0.6) is 11.6 Å². The van der Waals surface area contributed by atoms with Crippen LogP contribution < -0.4 is 10.5 Å². The van der Waals surface area contributed by atoms with Gasteiger partial charge in [0.15, 0.2) is 0 Å². The van der Waals surface area contributed by atoms with Crippen LogP contribution in [0.3, 0.4) is 0 Å². The van der Waals surface area contributed by atoms with E-state index >= 15 is 0 Å². The van der Waals surface area contributed by atoms with Gasteiger partial charge in [-0.25, -0.2) is 0 Å². The molecule has 0 atom stereocenters. The van der Waals surface area contributed by atoms with E-state index in [4.69, 9.17) is 10.5 Å². The lowest BCUT2D eigenvalue weighted by Crippen LogP contribution is -2.11. The van der Waals surface area contributed by atoms with Gasteiger partial charge in [0.2, 0.25) is 5.88 Å². The molecule has 1 heterocycles. The van der Waals surface area contributed by atoms with Gasteiger partial charge in [0.1, 0.15) is 5.75 Å². The molecule has 0 bridgehead atoms. The zero-order chi connectivity index (χ0) is 14.8. The standard InChI is InChI=1S/C16H21N3O/c1-11-9-12(16(2,3)4)5-7-14(11)20-15-8-6-13(10-17)18-19-15/h5-9H,10,17H2,1-4H3. The van der Waals surface area contributed by atoms with Crippen molar-refractivity contribution in [1.82, 2.24) is 10.2 Å². The monoisotopic (exact) mass is 271 g/mol. The molecule has 0 aliphatic carbocycles. The molecule has 4 nitrogen and oxygen atoms in total. The van der Waals surface area contributed by atoms with E-state index in [0.717, 1.165) is 17.0 Å². The molecule has 0 unspecified atom stereocenters. The largest absolute Gasteiger partial charge is 0.437 e. The Hall–Kier alpha value is -1.94. The molecule has 0 spiro atoms. The van der Waals surface area contributed by atoms with Crippen molar-refractivity contribution in [2.24, 2.45) is 5.73 Å². The normalized spacial score (nSPS) is 11.4. The molecule has 106 valence electrons. The first-order chi connectivity index (χ1) is 9.40. The van der Waals surface area contributed by atoms with Crippen LogP contribution in [0.4, 0.5) is 0 Å². The number of nitrogens with zero attached hydrogens (tertiary/aromatic N) is 2. The van der Waals surface area contributed by atoms with E-state index in [0.29, 0.717) is 12.4 Å². The first kappa shape index (κ1) is 14.5. The summed E-state index contributed by atoms with van der Waals surface area (Å²) in [6.07, 6.45) is 0. The molecule has 0 fully saturated rings. The zero-order valence-electron chi connectivity index (χ0n) is 12.5. The predicted molar refractivity (Wildman–Crippen MR) is 79.9 cm³/mol. The van der Waals surface area contributed by atoms with Crippen molar-refractivity contribution in [3.05, 3.63) is 47.2 Å². The van der Waals surface area contributed by atoms with Crippen LogP contribution >= 0.6 is 0 Å². The fourth-order valence-electron chi connectivity index (χ4n) is 1.85. The van der Waals surface area contributed by atoms with Gasteiger partial charge in [-0.2, -0.15) is 5.10 Å². The van der Waals surface area contributed by atoms with Crippen molar-refractivity contribution in [1.29, 1.82) is 0 Å². The summed E-state index contributed by atoms with van der Waals surface area (Å²) in [5.74, 6) is 1.28. The maximum absolute atomic E-state index is 5.76. The summed E-state index contributed by atoms with van der Waals surface area (Å²) >= 11 is 0. The number of rotatable bonds is 3. The molecular weight excluding hydrogens is 250 g/mol. The molecule has 4 heteroatoms. The Kier molecular flexibility index (Phi) is 4.04. The van der Waals surface area contributed by atoms with Gasteiger partial charge in [-0.05, 0) is 35.6 Å². The third-order valence-electron chi connectivity index (χ3n) is 3.16. The third kappa shape index (κ3) is 3.33. The molecule has 20 heavy (non-hydrogen) atoms. The Morgan fingerprint density at radius 2 is 1.85 bits per heavy atom. The highest BCUT2D eigenvalue weighted by Crippen LogP contribution is 2.29. The van der Waals surface area contributed by atoms with E-state index in [9.17, 15) is 0 Å². The van der Waals surface area contributed by atoms with Gasteiger partial charge in [-0.3, -0.25) is 0 Å². The van der Waals surface area contributed by atoms with E-state index in [1.165, 1.54) is 5.56 Å². The molecule has 0 aliphatic heterocycles. The zero-order valence-corrected chi connectivity index (χ0v) is 12.5. The average molecular weight is 271 g/mol. The fraction of sp³-hybridized carbons (Fsp3) is 0.375. The number of aryl methyl sites for hydroxylation is 1. The number of nitrogens with two attached hydrogens (primary N) is 1. The SMILES string of the molecule is Cc1cc(C(C)(C)C)ccc1Oc1ccc(CN)nn1. The van der Waals surface area contributed by atoms with Gasteiger partial charge in [-0.1, -0.05) is 32.9 Å². The minimum absolute atomic E-state index is 0.131. The summed E-state index contributed by atoms with van der Waals surface area (Å²) in [6.45, 7) is 9.00. The van der Waals surface area contributed by atoms with E-state index < -0.39 is 0 Å². The summed E-state index contributed by atoms with van der Waals surface area (Å²) in [5.41, 5.74) is 8.74. The second kappa shape index (κ2) is 5.59. The van der Waals surface area contributed by atoms with E-state index in [1.54, 1.807) is 6.07 Å². The Morgan fingerprint density at radius 3 is 2.35 bits per heavy atom. The third-order valence-corrected chi connectivity index (χ3v) is 3.16. The Labute approximate surface area is 120 Å². The van der Waals surface area contributed by atoms with Crippen molar-refractivity contribution in [2.75, 3.05) is 0 Å². The molecule has 2 N–H and O–H groups in total. The van der Waals surface area contributed by atoms with Gasteiger partial charge in [0.25, 0.3) is 0 Å². The summed E-state index contributed by atoms with van der Waals surface area (Å²) in [4.78, 5) is 0. The van der Waals surface area contributed by atoms with Gasteiger partial charge in [0, 0.05) is 12.6 Å². The highest BCUT2D eigenvalue weighted by Gasteiger charge is 2.15. The number of aromatic nitrogens is 2. The van der Waals surface area contributed by atoms with Crippen LogP contribution in [-0.4, -0.2) is 10.2 Å². The smallest absolute Gasteiger partial charge is 0.238 e. The molecule has 2 rings (SSSR count).